The van der Waals surface area contributed by atoms with Gasteiger partial charge in [0.1, 0.15) is 12.7 Å². The first-order chi connectivity index (χ1) is 20.3. The summed E-state index contributed by atoms with van der Waals surface area (Å²) in [5.41, 5.74) is -1.84. The van der Waals surface area contributed by atoms with Crippen LogP contribution in [-0.4, -0.2) is 52.4 Å². The van der Waals surface area contributed by atoms with Crippen LogP contribution in [0.3, 0.4) is 0 Å². The van der Waals surface area contributed by atoms with E-state index in [0.717, 1.165) is 0 Å². The van der Waals surface area contributed by atoms with Crippen molar-refractivity contribution in [2.24, 2.45) is 0 Å². The lowest BCUT2D eigenvalue weighted by Gasteiger charge is -2.25. The number of carbonyl (C=O) groups is 3. The molecule has 1 fully saturated rings. The number of hydrogen-bond acceptors (Lipinski definition) is 9. The Morgan fingerprint density at radius 1 is 0.738 bits per heavy atom. The van der Waals surface area contributed by atoms with Crippen LogP contribution in [0.1, 0.15) is 37.3 Å². The molecule has 1 N–H and O–H groups in total. The predicted molar refractivity (Wildman–Crippen MR) is 143 cm³/mol. The number of ether oxygens (including phenoxy) is 4. The number of benzene rings is 3. The summed E-state index contributed by atoms with van der Waals surface area (Å²) in [6.45, 7) is -0.503. The van der Waals surface area contributed by atoms with Crippen LogP contribution in [0.5, 0.6) is 0 Å². The predicted octanol–water partition coefficient (Wildman–Crippen LogP) is 2.88. The number of aromatic nitrogens is 2. The Labute approximate surface area is 237 Å². The minimum Gasteiger partial charge on any atom is -0.459 e. The topological polar surface area (TPSA) is 143 Å². The fourth-order valence-corrected chi connectivity index (χ4v) is 4.33. The monoisotopic (exact) mass is 574 g/mol. The average Bonchev–Trinajstić information content (AvgIpc) is 3.34. The van der Waals surface area contributed by atoms with Gasteiger partial charge in [0.2, 0.25) is 5.82 Å². The Bertz CT molecular complexity index is 1690. The maximum Gasteiger partial charge on any atom is 0.338 e. The molecule has 0 saturated carbocycles. The van der Waals surface area contributed by atoms with Crippen molar-refractivity contribution < 1.29 is 37.7 Å². The fraction of sp³-hybridized carbons (Fsp3) is 0.167. The lowest BCUT2D eigenvalue weighted by molar-refractivity contribution is -0.0643. The molecule has 0 aliphatic carbocycles. The van der Waals surface area contributed by atoms with Gasteiger partial charge in [0.05, 0.1) is 22.9 Å². The SMILES string of the molecule is O=C(OC[C@@H]1O[C@@H](n2cc(F)c(=O)[nH]c2=O)[C@H](OC(=O)c2ccccc2)[C@H]1OC(=O)c1ccccc1)c1ccccc1. The number of rotatable bonds is 8. The number of nitrogens with zero attached hydrogens (tertiary/aromatic N) is 1. The Kier molecular flexibility index (Phi) is 8.34. The molecule has 0 unspecified atom stereocenters. The normalized spacial score (nSPS) is 19.5. The molecule has 1 aliphatic rings. The van der Waals surface area contributed by atoms with Gasteiger partial charge in [-0.1, -0.05) is 54.6 Å². The Morgan fingerprint density at radius 3 is 1.74 bits per heavy atom. The summed E-state index contributed by atoms with van der Waals surface area (Å²) in [5, 5.41) is 0. The number of carbonyl (C=O) groups excluding carboxylic acids is 3. The zero-order valence-corrected chi connectivity index (χ0v) is 21.8. The van der Waals surface area contributed by atoms with Crippen LogP contribution in [0, 0.1) is 5.82 Å². The molecule has 1 aromatic heterocycles. The van der Waals surface area contributed by atoms with Crippen molar-refractivity contribution in [2.75, 3.05) is 6.61 Å². The molecule has 1 saturated heterocycles. The molecule has 42 heavy (non-hydrogen) atoms. The smallest absolute Gasteiger partial charge is 0.338 e. The summed E-state index contributed by atoms with van der Waals surface area (Å²) in [6, 6.07) is 23.8. The summed E-state index contributed by atoms with van der Waals surface area (Å²) < 4.78 is 37.8. The fourth-order valence-electron chi connectivity index (χ4n) is 4.33. The van der Waals surface area contributed by atoms with E-state index < -0.39 is 66.1 Å². The van der Waals surface area contributed by atoms with Gasteiger partial charge in [0.25, 0.3) is 5.56 Å². The Hall–Kier alpha value is -5.36. The molecule has 1 aliphatic heterocycles. The van der Waals surface area contributed by atoms with E-state index in [1.165, 1.54) is 36.4 Å². The van der Waals surface area contributed by atoms with Crippen molar-refractivity contribution in [3.05, 3.63) is 141 Å². The zero-order valence-electron chi connectivity index (χ0n) is 21.8. The second kappa shape index (κ2) is 12.4. The van der Waals surface area contributed by atoms with E-state index in [0.29, 0.717) is 10.8 Å². The maximum atomic E-state index is 14.3. The van der Waals surface area contributed by atoms with Gasteiger partial charge in [-0.3, -0.25) is 14.3 Å². The van der Waals surface area contributed by atoms with Crippen LogP contribution in [-0.2, 0) is 18.9 Å². The van der Waals surface area contributed by atoms with Gasteiger partial charge in [-0.15, -0.1) is 0 Å². The summed E-state index contributed by atoms with van der Waals surface area (Å²) in [4.78, 5) is 65.1. The van der Waals surface area contributed by atoms with Crippen molar-refractivity contribution >= 4 is 17.9 Å². The van der Waals surface area contributed by atoms with Crippen molar-refractivity contribution in [1.29, 1.82) is 0 Å². The molecular formula is C30H23FN2O9. The van der Waals surface area contributed by atoms with Gasteiger partial charge in [-0.2, -0.15) is 4.39 Å². The summed E-state index contributed by atoms with van der Waals surface area (Å²) in [5.74, 6) is -3.73. The van der Waals surface area contributed by atoms with Crippen molar-refractivity contribution in [3.8, 4) is 0 Å². The minimum atomic E-state index is -1.59. The van der Waals surface area contributed by atoms with Crippen LogP contribution in [0.15, 0.2) is 107 Å². The zero-order chi connectivity index (χ0) is 29.6. The van der Waals surface area contributed by atoms with Crippen molar-refractivity contribution in [2.45, 2.75) is 24.5 Å². The van der Waals surface area contributed by atoms with Crippen molar-refractivity contribution in [1.82, 2.24) is 9.55 Å². The van der Waals surface area contributed by atoms with Gasteiger partial charge < -0.3 is 18.9 Å². The van der Waals surface area contributed by atoms with E-state index in [-0.39, 0.29) is 16.7 Å². The van der Waals surface area contributed by atoms with E-state index in [2.05, 4.69) is 0 Å². The summed E-state index contributed by atoms with van der Waals surface area (Å²) in [6.07, 6.45) is -5.28. The van der Waals surface area contributed by atoms with E-state index in [4.69, 9.17) is 18.9 Å². The molecule has 4 atom stereocenters. The minimum absolute atomic E-state index is 0.128. The molecule has 11 nitrogen and oxygen atoms in total. The van der Waals surface area contributed by atoms with E-state index >= 15 is 0 Å². The average molecular weight is 575 g/mol. The van der Waals surface area contributed by atoms with Crippen LogP contribution in [0.2, 0.25) is 0 Å². The third-order valence-corrected chi connectivity index (χ3v) is 6.38. The highest BCUT2D eigenvalue weighted by molar-refractivity contribution is 5.91. The highest BCUT2D eigenvalue weighted by Crippen LogP contribution is 2.34. The van der Waals surface area contributed by atoms with Gasteiger partial charge >= 0.3 is 23.6 Å². The largest absolute Gasteiger partial charge is 0.459 e. The van der Waals surface area contributed by atoms with E-state index in [1.54, 1.807) is 54.6 Å². The van der Waals surface area contributed by atoms with Crippen LogP contribution in [0.25, 0.3) is 0 Å². The molecule has 12 heteroatoms. The maximum absolute atomic E-state index is 14.3. The molecule has 0 bridgehead atoms. The second-order valence-corrected chi connectivity index (χ2v) is 9.15. The van der Waals surface area contributed by atoms with Crippen molar-refractivity contribution in [3.63, 3.8) is 0 Å². The molecule has 0 radical (unpaired) electrons. The molecule has 214 valence electrons. The van der Waals surface area contributed by atoms with E-state index in [1.807, 2.05) is 4.98 Å². The molecule has 0 spiro atoms. The van der Waals surface area contributed by atoms with Crippen LogP contribution >= 0.6 is 0 Å². The van der Waals surface area contributed by atoms with Gasteiger partial charge in [0.15, 0.2) is 18.4 Å². The van der Waals surface area contributed by atoms with Gasteiger partial charge in [0, 0.05) is 0 Å². The van der Waals surface area contributed by atoms with E-state index in [9.17, 15) is 28.4 Å². The van der Waals surface area contributed by atoms with Gasteiger partial charge in [-0.05, 0) is 36.4 Å². The number of nitrogens with one attached hydrogen (secondary N) is 1. The Balaban J connectivity index is 1.52. The number of aromatic amines is 1. The lowest BCUT2D eigenvalue weighted by atomic mass is 10.1. The summed E-state index contributed by atoms with van der Waals surface area (Å²) in [7, 11) is 0. The third kappa shape index (κ3) is 6.18. The van der Waals surface area contributed by atoms with Gasteiger partial charge in [-0.25, -0.2) is 19.2 Å². The quantitative estimate of drug-likeness (QED) is 0.248. The number of halogens is 1. The highest BCUT2D eigenvalue weighted by atomic mass is 19.1. The molecule has 2 heterocycles. The first kappa shape index (κ1) is 28.2. The molecule has 3 aromatic carbocycles. The Morgan fingerprint density at radius 2 is 1.21 bits per heavy atom. The third-order valence-electron chi connectivity index (χ3n) is 6.38. The molecular weight excluding hydrogens is 551 g/mol. The molecule has 5 rings (SSSR count). The lowest BCUT2D eigenvalue weighted by Crippen LogP contribution is -2.43. The molecule has 4 aromatic rings. The standard InChI is InChI=1S/C30H23FN2O9/c31-21-16-33(30(38)32-25(21)34)26-24(42-29(37)20-14-8-3-9-15-20)23(41-28(36)19-12-6-2-7-13-19)22(40-26)17-39-27(35)18-10-4-1-5-11-18/h1-16,22-24,26H,17H2,(H,32,34,38)/t22-,23-,24+,26+/m0/s1. The van der Waals surface area contributed by atoms with Crippen LogP contribution < -0.4 is 11.2 Å². The second-order valence-electron chi connectivity index (χ2n) is 9.15. The first-order valence-corrected chi connectivity index (χ1v) is 12.7. The first-order valence-electron chi connectivity index (χ1n) is 12.7. The highest BCUT2D eigenvalue weighted by Gasteiger charge is 2.51. The number of H-pyrrole nitrogens is 1. The van der Waals surface area contributed by atoms with Crippen LogP contribution in [0.4, 0.5) is 4.39 Å². The summed E-state index contributed by atoms with van der Waals surface area (Å²) >= 11 is 0. The number of hydrogen-bond donors (Lipinski definition) is 1. The molecule has 0 amide bonds. The number of esters is 3.